The first-order valence-corrected chi connectivity index (χ1v) is 12.1. The molecule has 2 aliphatic rings. The van der Waals surface area contributed by atoms with Gasteiger partial charge in [0.05, 0.1) is 11.4 Å². The average molecular weight is 476 g/mol. The minimum absolute atomic E-state index is 0.00313. The van der Waals surface area contributed by atoms with Crippen molar-refractivity contribution in [2.75, 3.05) is 11.9 Å². The lowest BCUT2D eigenvalue weighted by atomic mass is 9.81. The minimum atomic E-state index is -4.41. The van der Waals surface area contributed by atoms with Crippen LogP contribution in [0.2, 0.25) is 0 Å². The number of aliphatic imine (C=N–C) groups is 1. The van der Waals surface area contributed by atoms with E-state index in [1.807, 2.05) is 0 Å². The van der Waals surface area contributed by atoms with Gasteiger partial charge in [-0.15, -0.1) is 0 Å². The van der Waals surface area contributed by atoms with E-state index < -0.39 is 11.7 Å². The standard InChI is InChI=1S/C25H32F3N5O/c26-25(27,28)24(14-5-6-15-31-24)17-9-11-19(12-10-17)33-22(29)21-20(13-16-30-23(21)34)32-18-7-3-1-2-4-8-18/h9-13,16,18,31H,1-8,14-15H2,(H2,29,33)(H2,30,32,34). The fourth-order valence-electron chi connectivity index (χ4n) is 5.07. The van der Waals surface area contributed by atoms with Crippen LogP contribution in [0.5, 0.6) is 0 Å². The predicted octanol–water partition coefficient (Wildman–Crippen LogP) is 5.08. The first-order valence-electron chi connectivity index (χ1n) is 12.1. The van der Waals surface area contributed by atoms with E-state index in [0.29, 0.717) is 24.3 Å². The molecule has 1 aromatic heterocycles. The number of benzene rings is 1. The van der Waals surface area contributed by atoms with E-state index in [9.17, 15) is 18.0 Å². The van der Waals surface area contributed by atoms with E-state index >= 15 is 0 Å². The van der Waals surface area contributed by atoms with Crippen molar-refractivity contribution in [3.8, 4) is 0 Å². The summed E-state index contributed by atoms with van der Waals surface area (Å²) in [5.41, 5.74) is 5.24. The van der Waals surface area contributed by atoms with E-state index in [-0.39, 0.29) is 35.0 Å². The van der Waals surface area contributed by atoms with Gasteiger partial charge in [-0.1, -0.05) is 37.8 Å². The molecular formula is C25H32F3N5O. The van der Waals surface area contributed by atoms with E-state index in [0.717, 1.165) is 32.1 Å². The number of aromatic amines is 1. The van der Waals surface area contributed by atoms with Crippen molar-refractivity contribution in [3.05, 3.63) is 58.0 Å². The minimum Gasteiger partial charge on any atom is -0.383 e. The zero-order chi connectivity index (χ0) is 24.2. The van der Waals surface area contributed by atoms with Crippen LogP contribution < -0.4 is 21.9 Å². The number of aromatic nitrogens is 1. The maximum absolute atomic E-state index is 14.0. The van der Waals surface area contributed by atoms with Crippen molar-refractivity contribution >= 4 is 17.2 Å². The third kappa shape index (κ3) is 5.14. The number of hydrogen-bond acceptors (Lipinski definition) is 4. The molecule has 4 rings (SSSR count). The Balaban J connectivity index is 1.60. The Bertz CT molecular complexity index is 1050. The summed E-state index contributed by atoms with van der Waals surface area (Å²) in [6.07, 6.45) is 5.15. The van der Waals surface area contributed by atoms with Crippen molar-refractivity contribution in [1.29, 1.82) is 0 Å². The number of amidine groups is 1. The highest BCUT2D eigenvalue weighted by Crippen LogP contribution is 2.44. The first kappa shape index (κ1) is 24.3. The Kier molecular flexibility index (Phi) is 7.30. The molecule has 1 aliphatic carbocycles. The van der Waals surface area contributed by atoms with Gasteiger partial charge in [-0.2, -0.15) is 13.2 Å². The van der Waals surface area contributed by atoms with Gasteiger partial charge in [-0.3, -0.25) is 10.1 Å². The highest BCUT2D eigenvalue weighted by molar-refractivity contribution is 6.03. The van der Waals surface area contributed by atoms with E-state index in [1.54, 1.807) is 12.3 Å². The fraction of sp³-hybridized carbons (Fsp3) is 0.520. The molecule has 2 fully saturated rings. The van der Waals surface area contributed by atoms with Crippen LogP contribution in [0.15, 0.2) is 46.3 Å². The van der Waals surface area contributed by atoms with Crippen LogP contribution in [0.1, 0.15) is 68.9 Å². The number of anilines is 1. The number of pyridine rings is 1. The van der Waals surface area contributed by atoms with Crippen molar-refractivity contribution in [2.45, 2.75) is 75.5 Å². The van der Waals surface area contributed by atoms with Crippen molar-refractivity contribution in [1.82, 2.24) is 10.3 Å². The molecule has 9 heteroatoms. The molecular weight excluding hydrogens is 443 g/mol. The highest BCUT2D eigenvalue weighted by atomic mass is 19.4. The summed E-state index contributed by atoms with van der Waals surface area (Å²) in [5, 5.41) is 6.15. The summed E-state index contributed by atoms with van der Waals surface area (Å²) in [5.74, 6) is 0.0204. The third-order valence-electron chi connectivity index (χ3n) is 6.93. The van der Waals surface area contributed by atoms with Crippen LogP contribution in [-0.4, -0.2) is 29.6 Å². The smallest absolute Gasteiger partial charge is 0.383 e. The fourth-order valence-corrected chi connectivity index (χ4v) is 5.07. The average Bonchev–Trinajstić information content (AvgIpc) is 3.08. The Labute approximate surface area is 197 Å². The lowest BCUT2D eigenvalue weighted by molar-refractivity contribution is -0.207. The molecule has 2 heterocycles. The quantitative estimate of drug-likeness (QED) is 0.276. The van der Waals surface area contributed by atoms with Crippen LogP contribution >= 0.6 is 0 Å². The molecule has 2 aromatic rings. The molecule has 5 N–H and O–H groups in total. The lowest BCUT2D eigenvalue weighted by Crippen LogP contribution is -2.56. The highest BCUT2D eigenvalue weighted by Gasteiger charge is 2.55. The van der Waals surface area contributed by atoms with E-state index in [2.05, 4.69) is 20.6 Å². The first-order chi connectivity index (χ1) is 16.3. The van der Waals surface area contributed by atoms with Gasteiger partial charge >= 0.3 is 6.18 Å². The Morgan fingerprint density at radius 2 is 1.74 bits per heavy atom. The summed E-state index contributed by atoms with van der Waals surface area (Å²) in [7, 11) is 0. The largest absolute Gasteiger partial charge is 0.410 e. The number of hydrogen-bond donors (Lipinski definition) is 4. The molecule has 1 atom stereocenters. The van der Waals surface area contributed by atoms with Crippen molar-refractivity contribution in [2.24, 2.45) is 10.7 Å². The van der Waals surface area contributed by atoms with Gasteiger partial charge in [0, 0.05) is 12.2 Å². The van der Waals surface area contributed by atoms with Crippen molar-refractivity contribution < 1.29 is 13.2 Å². The van der Waals surface area contributed by atoms with Crippen molar-refractivity contribution in [3.63, 3.8) is 0 Å². The van der Waals surface area contributed by atoms with Gasteiger partial charge in [0.2, 0.25) is 0 Å². The zero-order valence-electron chi connectivity index (χ0n) is 19.2. The molecule has 0 amide bonds. The van der Waals surface area contributed by atoms with E-state index in [1.165, 1.54) is 37.1 Å². The molecule has 34 heavy (non-hydrogen) atoms. The van der Waals surface area contributed by atoms with Crippen LogP contribution in [-0.2, 0) is 5.54 Å². The summed E-state index contributed by atoms with van der Waals surface area (Å²) in [6, 6.07) is 7.95. The molecule has 1 unspecified atom stereocenters. The molecule has 0 spiro atoms. The van der Waals surface area contributed by atoms with Crippen LogP contribution in [0.4, 0.5) is 24.5 Å². The van der Waals surface area contributed by atoms with E-state index in [4.69, 9.17) is 5.73 Å². The molecule has 0 bridgehead atoms. The lowest BCUT2D eigenvalue weighted by Gasteiger charge is -2.40. The monoisotopic (exact) mass is 475 g/mol. The Hall–Kier alpha value is -2.81. The van der Waals surface area contributed by atoms with Gasteiger partial charge in [0.1, 0.15) is 16.9 Å². The molecule has 1 saturated heterocycles. The number of H-pyrrole nitrogens is 1. The molecule has 1 aliphatic heterocycles. The van der Waals surface area contributed by atoms with Crippen LogP contribution in [0.25, 0.3) is 0 Å². The molecule has 1 aromatic carbocycles. The summed E-state index contributed by atoms with van der Waals surface area (Å²) < 4.78 is 41.9. The van der Waals surface area contributed by atoms with Gasteiger partial charge in [-0.05, 0) is 62.4 Å². The molecule has 6 nitrogen and oxygen atoms in total. The van der Waals surface area contributed by atoms with Crippen LogP contribution in [0.3, 0.4) is 0 Å². The molecule has 184 valence electrons. The third-order valence-corrected chi connectivity index (χ3v) is 6.93. The maximum atomic E-state index is 14.0. The number of halogens is 3. The van der Waals surface area contributed by atoms with Gasteiger partial charge in [0.25, 0.3) is 5.56 Å². The predicted molar refractivity (Wildman–Crippen MR) is 129 cm³/mol. The number of rotatable bonds is 5. The SMILES string of the molecule is NC(=Nc1ccc(C2(C(F)(F)F)CCCCN2)cc1)c1c(NC2CCCCCC2)cc[nH]c1=O. The summed E-state index contributed by atoms with van der Waals surface area (Å²) in [6.45, 7) is 0.319. The summed E-state index contributed by atoms with van der Waals surface area (Å²) in [4.78, 5) is 19.6. The second-order valence-electron chi connectivity index (χ2n) is 9.26. The topological polar surface area (TPSA) is 95.3 Å². The number of nitrogens with one attached hydrogen (secondary N) is 3. The number of nitrogens with zero attached hydrogens (tertiary/aromatic N) is 1. The van der Waals surface area contributed by atoms with Crippen LogP contribution in [0, 0.1) is 0 Å². The molecule has 1 saturated carbocycles. The number of piperidine rings is 1. The number of alkyl halides is 3. The maximum Gasteiger partial charge on any atom is 0.410 e. The molecule has 0 radical (unpaired) electrons. The van der Waals surface area contributed by atoms with Gasteiger partial charge in [-0.25, -0.2) is 4.99 Å². The second kappa shape index (κ2) is 10.2. The Morgan fingerprint density at radius 3 is 2.35 bits per heavy atom. The van der Waals surface area contributed by atoms with Gasteiger partial charge < -0.3 is 16.0 Å². The normalized spacial score (nSPS) is 22.9. The zero-order valence-corrected chi connectivity index (χ0v) is 19.2. The Morgan fingerprint density at radius 1 is 1.03 bits per heavy atom. The summed E-state index contributed by atoms with van der Waals surface area (Å²) >= 11 is 0. The van der Waals surface area contributed by atoms with Gasteiger partial charge in [0.15, 0.2) is 0 Å². The second-order valence-corrected chi connectivity index (χ2v) is 9.26. The number of nitrogens with two attached hydrogens (primary N) is 1.